The lowest BCUT2D eigenvalue weighted by atomic mass is 10.3. The van der Waals surface area contributed by atoms with Crippen LogP contribution in [0.3, 0.4) is 0 Å². The van der Waals surface area contributed by atoms with Gasteiger partial charge >= 0.3 is 0 Å². The summed E-state index contributed by atoms with van der Waals surface area (Å²) in [4.78, 5) is 22.1. The van der Waals surface area contributed by atoms with Gasteiger partial charge in [-0.15, -0.1) is 0 Å². The van der Waals surface area contributed by atoms with Gasteiger partial charge in [0.2, 0.25) is 0 Å². The van der Waals surface area contributed by atoms with Crippen LogP contribution < -0.4 is 5.56 Å². The van der Waals surface area contributed by atoms with Crippen LogP contribution in [0.4, 0.5) is 0 Å². The normalized spacial score (nSPS) is 11.5. The van der Waals surface area contributed by atoms with E-state index < -0.39 is 0 Å². The molecule has 3 rings (SSSR count). The zero-order valence-corrected chi connectivity index (χ0v) is 15.8. The molecule has 3 aromatic rings. The number of halogens is 1. The van der Waals surface area contributed by atoms with Gasteiger partial charge < -0.3 is 9.88 Å². The Kier molecular flexibility index (Phi) is 5.78. The van der Waals surface area contributed by atoms with Crippen LogP contribution in [-0.2, 0) is 0 Å². The Morgan fingerprint density at radius 2 is 2.12 bits per heavy atom. The highest BCUT2D eigenvalue weighted by molar-refractivity contribution is 7.99. The minimum absolute atomic E-state index is 0.177. The molecule has 1 aromatic carbocycles. The summed E-state index contributed by atoms with van der Waals surface area (Å²) in [5.74, 6) is 0.863. The van der Waals surface area contributed by atoms with Gasteiger partial charge in [-0.3, -0.25) is 4.79 Å². The Balaban J connectivity index is 1.89. The number of rotatable bonds is 7. The number of aromatic nitrogens is 4. The molecule has 2 heterocycles. The first-order valence-corrected chi connectivity index (χ1v) is 9.58. The second kappa shape index (κ2) is 8.03. The molecule has 0 radical (unpaired) electrons. The number of hydrogen-bond donors (Lipinski definition) is 1. The molecule has 0 saturated carbocycles. The van der Waals surface area contributed by atoms with Crippen LogP contribution in [-0.4, -0.2) is 50.0 Å². The quantitative estimate of drug-likeness (QED) is 0.506. The zero-order valence-electron chi connectivity index (χ0n) is 14.2. The standard InChI is InChI=1S/C17H20ClN5OS/c1-3-22(4-2)8-9-25-17-20-15-14(16(24)21-17)11-19-23(15)13-7-5-6-12(18)10-13/h5-7,10-11H,3-4,8-9H2,1-2H3,(H,20,21,24). The molecule has 0 unspecified atom stereocenters. The van der Waals surface area contributed by atoms with E-state index in [1.54, 1.807) is 28.6 Å². The molecule has 25 heavy (non-hydrogen) atoms. The van der Waals surface area contributed by atoms with Crippen LogP contribution in [0, 0.1) is 0 Å². The van der Waals surface area contributed by atoms with Crippen LogP contribution >= 0.6 is 23.4 Å². The average molecular weight is 378 g/mol. The third-order valence-corrected chi connectivity index (χ3v) is 5.10. The first-order valence-electron chi connectivity index (χ1n) is 8.21. The number of H-pyrrole nitrogens is 1. The number of benzene rings is 1. The Labute approximate surface area is 155 Å². The van der Waals surface area contributed by atoms with E-state index >= 15 is 0 Å². The van der Waals surface area contributed by atoms with Crippen molar-refractivity contribution in [1.82, 2.24) is 24.6 Å². The van der Waals surface area contributed by atoms with Crippen molar-refractivity contribution in [2.45, 2.75) is 19.0 Å². The van der Waals surface area contributed by atoms with Gasteiger partial charge in [0.15, 0.2) is 10.8 Å². The van der Waals surface area contributed by atoms with Gasteiger partial charge in [-0.1, -0.05) is 43.3 Å². The lowest BCUT2D eigenvalue weighted by Gasteiger charge is -2.16. The second-order valence-electron chi connectivity index (χ2n) is 5.52. The summed E-state index contributed by atoms with van der Waals surface area (Å²) in [7, 11) is 0. The van der Waals surface area contributed by atoms with Crippen LogP contribution in [0.15, 0.2) is 40.4 Å². The maximum Gasteiger partial charge on any atom is 0.262 e. The van der Waals surface area contributed by atoms with E-state index in [-0.39, 0.29) is 5.56 Å². The fourth-order valence-electron chi connectivity index (χ4n) is 2.57. The summed E-state index contributed by atoms with van der Waals surface area (Å²) in [6.07, 6.45) is 1.53. The molecule has 2 aromatic heterocycles. The molecule has 0 bridgehead atoms. The van der Waals surface area contributed by atoms with Gasteiger partial charge in [0.1, 0.15) is 5.39 Å². The van der Waals surface area contributed by atoms with Gasteiger partial charge in [-0.2, -0.15) is 5.10 Å². The number of aromatic amines is 1. The van der Waals surface area contributed by atoms with Crippen molar-refractivity contribution < 1.29 is 0 Å². The summed E-state index contributed by atoms with van der Waals surface area (Å²) in [6.45, 7) is 7.27. The zero-order chi connectivity index (χ0) is 17.8. The molecule has 0 saturated heterocycles. The third-order valence-electron chi connectivity index (χ3n) is 4.01. The van der Waals surface area contributed by atoms with Gasteiger partial charge in [0, 0.05) is 17.3 Å². The summed E-state index contributed by atoms with van der Waals surface area (Å²) >= 11 is 7.61. The summed E-state index contributed by atoms with van der Waals surface area (Å²) < 4.78 is 1.64. The van der Waals surface area contributed by atoms with Crippen molar-refractivity contribution in [2.24, 2.45) is 0 Å². The van der Waals surface area contributed by atoms with Crippen molar-refractivity contribution in [3.8, 4) is 5.69 Å². The summed E-state index contributed by atoms with van der Waals surface area (Å²) in [6, 6.07) is 7.32. The molecule has 0 fully saturated rings. The highest BCUT2D eigenvalue weighted by Crippen LogP contribution is 2.20. The maximum absolute atomic E-state index is 12.3. The third kappa shape index (κ3) is 4.05. The molecule has 6 nitrogen and oxygen atoms in total. The van der Waals surface area contributed by atoms with Crippen molar-refractivity contribution in [3.05, 3.63) is 45.8 Å². The molecule has 8 heteroatoms. The minimum Gasteiger partial charge on any atom is -0.303 e. The molecule has 0 amide bonds. The van der Waals surface area contributed by atoms with Crippen molar-refractivity contribution in [2.75, 3.05) is 25.4 Å². The predicted molar refractivity (Wildman–Crippen MR) is 103 cm³/mol. The molecule has 0 atom stereocenters. The van der Waals surface area contributed by atoms with E-state index in [0.717, 1.165) is 31.1 Å². The van der Waals surface area contributed by atoms with Crippen molar-refractivity contribution >= 4 is 34.4 Å². The SMILES string of the molecule is CCN(CC)CCSc1nc2c(cnn2-c2cccc(Cl)c2)c(=O)[nH]1. The fraction of sp³-hybridized carbons (Fsp3) is 0.353. The van der Waals surface area contributed by atoms with E-state index in [1.807, 2.05) is 12.1 Å². The molecule has 132 valence electrons. The molecule has 0 aliphatic carbocycles. The van der Waals surface area contributed by atoms with E-state index in [1.165, 1.54) is 6.20 Å². The summed E-state index contributed by atoms with van der Waals surface area (Å²) in [5.41, 5.74) is 1.14. The highest BCUT2D eigenvalue weighted by atomic mass is 35.5. The van der Waals surface area contributed by atoms with E-state index in [4.69, 9.17) is 11.6 Å². The Hall–Kier alpha value is -1.83. The number of hydrogen-bond acceptors (Lipinski definition) is 5. The maximum atomic E-state index is 12.3. The van der Waals surface area contributed by atoms with E-state index in [0.29, 0.717) is 21.2 Å². The molecule has 0 aliphatic rings. The molecule has 0 spiro atoms. The van der Waals surface area contributed by atoms with Crippen molar-refractivity contribution in [1.29, 1.82) is 0 Å². The fourth-order valence-corrected chi connectivity index (χ4v) is 3.62. The molecular weight excluding hydrogens is 358 g/mol. The first-order chi connectivity index (χ1) is 12.1. The minimum atomic E-state index is -0.177. The first kappa shape index (κ1) is 18.0. The summed E-state index contributed by atoms with van der Waals surface area (Å²) in [5, 5.41) is 5.98. The topological polar surface area (TPSA) is 66.8 Å². The predicted octanol–water partition coefficient (Wildman–Crippen LogP) is 3.20. The highest BCUT2D eigenvalue weighted by Gasteiger charge is 2.12. The second-order valence-corrected chi connectivity index (χ2v) is 7.04. The van der Waals surface area contributed by atoms with Gasteiger partial charge in [-0.25, -0.2) is 9.67 Å². The van der Waals surface area contributed by atoms with Gasteiger partial charge in [-0.05, 0) is 31.3 Å². The monoisotopic (exact) mass is 377 g/mol. The van der Waals surface area contributed by atoms with Crippen LogP contribution in [0.5, 0.6) is 0 Å². The molecule has 0 aliphatic heterocycles. The Morgan fingerprint density at radius 1 is 1.32 bits per heavy atom. The number of thioether (sulfide) groups is 1. The van der Waals surface area contributed by atoms with E-state index in [2.05, 4.69) is 33.8 Å². The van der Waals surface area contributed by atoms with E-state index in [9.17, 15) is 4.79 Å². The van der Waals surface area contributed by atoms with Crippen LogP contribution in [0.25, 0.3) is 16.7 Å². The number of nitrogens with one attached hydrogen (secondary N) is 1. The Bertz CT molecular complexity index is 919. The van der Waals surface area contributed by atoms with Crippen molar-refractivity contribution in [3.63, 3.8) is 0 Å². The lowest BCUT2D eigenvalue weighted by molar-refractivity contribution is 0.324. The lowest BCUT2D eigenvalue weighted by Crippen LogP contribution is -2.25. The van der Waals surface area contributed by atoms with Crippen LogP contribution in [0.2, 0.25) is 5.02 Å². The number of fused-ring (bicyclic) bond motifs is 1. The molecular formula is C17H20ClN5OS. The number of nitrogens with zero attached hydrogens (tertiary/aromatic N) is 4. The smallest absolute Gasteiger partial charge is 0.262 e. The Morgan fingerprint density at radius 3 is 2.84 bits per heavy atom. The van der Waals surface area contributed by atoms with Gasteiger partial charge in [0.25, 0.3) is 5.56 Å². The molecule has 1 N–H and O–H groups in total. The van der Waals surface area contributed by atoms with Crippen LogP contribution in [0.1, 0.15) is 13.8 Å². The van der Waals surface area contributed by atoms with Gasteiger partial charge in [0.05, 0.1) is 11.9 Å². The largest absolute Gasteiger partial charge is 0.303 e. The average Bonchev–Trinajstić information content (AvgIpc) is 3.03.